The number of rotatable bonds is 0. The van der Waals surface area contributed by atoms with E-state index in [1.165, 1.54) is 10.9 Å². The summed E-state index contributed by atoms with van der Waals surface area (Å²) in [5, 5.41) is 3.96. The number of fused-ring (bicyclic) bond motifs is 1. The van der Waals surface area contributed by atoms with Gasteiger partial charge in [0.25, 0.3) is 0 Å². The summed E-state index contributed by atoms with van der Waals surface area (Å²) in [6, 6.07) is 1.10. The summed E-state index contributed by atoms with van der Waals surface area (Å²) < 4.78 is 28.0. The predicted octanol–water partition coefficient (Wildman–Crippen LogP) is 2.61. The Morgan fingerprint density at radius 1 is 1.46 bits per heavy atom. The van der Waals surface area contributed by atoms with Crippen molar-refractivity contribution < 1.29 is 8.78 Å². The highest BCUT2D eigenvalue weighted by molar-refractivity contribution is 9.10. The second-order valence-electron chi connectivity index (χ2n) is 2.68. The molecule has 0 fully saturated rings. The standard InChI is InChI=1S/C8H5BrF2N2/c1-13-8-4(3-12-13)7(11)5(9)2-6(8)10/h2-3H,1H3. The Morgan fingerprint density at radius 2 is 2.15 bits per heavy atom. The topological polar surface area (TPSA) is 17.8 Å². The molecule has 1 aromatic heterocycles. The number of halogens is 3. The Balaban J connectivity index is 2.99. The molecule has 2 rings (SSSR count). The lowest BCUT2D eigenvalue weighted by Crippen LogP contribution is -1.93. The van der Waals surface area contributed by atoms with Crippen LogP contribution in [-0.2, 0) is 7.05 Å². The zero-order chi connectivity index (χ0) is 9.59. The van der Waals surface area contributed by atoms with Crippen LogP contribution in [0.25, 0.3) is 10.9 Å². The lowest BCUT2D eigenvalue weighted by atomic mass is 10.2. The van der Waals surface area contributed by atoms with E-state index in [2.05, 4.69) is 21.0 Å². The first-order valence-electron chi connectivity index (χ1n) is 3.56. The third-order valence-corrected chi connectivity index (χ3v) is 2.44. The molecule has 1 aromatic carbocycles. The molecule has 0 spiro atoms. The monoisotopic (exact) mass is 246 g/mol. The van der Waals surface area contributed by atoms with Crippen molar-refractivity contribution in [1.82, 2.24) is 9.78 Å². The fourth-order valence-electron chi connectivity index (χ4n) is 1.25. The molecule has 2 nitrogen and oxygen atoms in total. The van der Waals surface area contributed by atoms with E-state index in [0.29, 0.717) is 0 Å². The Kier molecular flexibility index (Phi) is 1.83. The van der Waals surface area contributed by atoms with Crippen molar-refractivity contribution in [3.8, 4) is 0 Å². The van der Waals surface area contributed by atoms with Crippen molar-refractivity contribution in [2.24, 2.45) is 7.05 Å². The van der Waals surface area contributed by atoms with E-state index in [0.717, 1.165) is 6.07 Å². The third-order valence-electron chi connectivity index (χ3n) is 1.86. The smallest absolute Gasteiger partial charge is 0.150 e. The maximum atomic E-state index is 13.3. The molecule has 0 atom stereocenters. The second kappa shape index (κ2) is 2.77. The average molecular weight is 247 g/mol. The molecule has 0 N–H and O–H groups in total. The second-order valence-corrected chi connectivity index (χ2v) is 3.54. The van der Waals surface area contributed by atoms with E-state index >= 15 is 0 Å². The third kappa shape index (κ3) is 1.14. The van der Waals surface area contributed by atoms with Crippen molar-refractivity contribution in [2.45, 2.75) is 0 Å². The zero-order valence-corrected chi connectivity index (χ0v) is 8.27. The van der Waals surface area contributed by atoms with Crippen LogP contribution in [0.1, 0.15) is 0 Å². The lowest BCUT2D eigenvalue weighted by Gasteiger charge is -1.99. The van der Waals surface area contributed by atoms with Gasteiger partial charge in [0.15, 0.2) is 0 Å². The fourth-order valence-corrected chi connectivity index (χ4v) is 1.67. The normalized spacial score (nSPS) is 11.1. The summed E-state index contributed by atoms with van der Waals surface area (Å²) in [5.74, 6) is -0.965. The number of aryl methyl sites for hydroxylation is 1. The molecule has 2 aromatic rings. The first kappa shape index (κ1) is 8.62. The molecule has 1 heterocycles. The molecule has 13 heavy (non-hydrogen) atoms. The molecule has 0 aliphatic rings. The highest BCUT2D eigenvalue weighted by Crippen LogP contribution is 2.26. The van der Waals surface area contributed by atoms with Crippen molar-refractivity contribution >= 4 is 26.8 Å². The van der Waals surface area contributed by atoms with E-state index in [-0.39, 0.29) is 15.4 Å². The summed E-state index contributed by atoms with van der Waals surface area (Å²) in [6.45, 7) is 0. The molecular weight excluding hydrogens is 242 g/mol. The first-order valence-corrected chi connectivity index (χ1v) is 4.35. The van der Waals surface area contributed by atoms with Crippen LogP contribution >= 0.6 is 15.9 Å². The van der Waals surface area contributed by atoms with E-state index in [1.54, 1.807) is 7.05 Å². The minimum Gasteiger partial charge on any atom is -0.265 e. The summed E-state index contributed by atoms with van der Waals surface area (Å²) in [6.07, 6.45) is 1.30. The molecule has 0 aliphatic carbocycles. The number of hydrogen-bond donors (Lipinski definition) is 0. The maximum Gasteiger partial charge on any atom is 0.150 e. The van der Waals surface area contributed by atoms with Crippen LogP contribution in [0.5, 0.6) is 0 Å². The van der Waals surface area contributed by atoms with Gasteiger partial charge in [-0.25, -0.2) is 8.78 Å². The Morgan fingerprint density at radius 3 is 2.85 bits per heavy atom. The Hall–Kier alpha value is -0.970. The van der Waals surface area contributed by atoms with Gasteiger partial charge in [-0.3, -0.25) is 4.68 Å². The van der Waals surface area contributed by atoms with Crippen molar-refractivity contribution in [2.75, 3.05) is 0 Å². The molecular formula is C8H5BrF2N2. The average Bonchev–Trinajstić information content (AvgIpc) is 2.44. The van der Waals surface area contributed by atoms with Gasteiger partial charge in [-0.05, 0) is 22.0 Å². The largest absolute Gasteiger partial charge is 0.265 e. The van der Waals surface area contributed by atoms with Gasteiger partial charge in [0.05, 0.1) is 16.1 Å². The van der Waals surface area contributed by atoms with Crippen LogP contribution in [0.4, 0.5) is 8.78 Å². The van der Waals surface area contributed by atoms with Crippen LogP contribution in [0.2, 0.25) is 0 Å². The number of nitrogens with zero attached hydrogens (tertiary/aromatic N) is 2. The van der Waals surface area contributed by atoms with Crippen LogP contribution in [0, 0.1) is 11.6 Å². The number of benzene rings is 1. The van der Waals surface area contributed by atoms with Gasteiger partial charge in [-0.1, -0.05) is 0 Å². The van der Waals surface area contributed by atoms with Gasteiger partial charge in [-0.15, -0.1) is 0 Å². The van der Waals surface area contributed by atoms with E-state index in [4.69, 9.17) is 0 Å². The summed E-state index contributed by atoms with van der Waals surface area (Å²) in [4.78, 5) is 0. The Labute approximate surface area is 81.3 Å². The molecule has 68 valence electrons. The first-order chi connectivity index (χ1) is 6.11. The van der Waals surface area contributed by atoms with E-state index in [1.807, 2.05) is 0 Å². The van der Waals surface area contributed by atoms with Crippen molar-refractivity contribution in [3.05, 3.63) is 28.4 Å². The van der Waals surface area contributed by atoms with Crippen LogP contribution in [0.15, 0.2) is 16.7 Å². The molecule has 0 aliphatic heterocycles. The lowest BCUT2D eigenvalue weighted by molar-refractivity contribution is 0.605. The van der Waals surface area contributed by atoms with Crippen LogP contribution < -0.4 is 0 Å². The van der Waals surface area contributed by atoms with E-state index in [9.17, 15) is 8.78 Å². The molecule has 0 bridgehead atoms. The van der Waals surface area contributed by atoms with Crippen LogP contribution in [-0.4, -0.2) is 9.78 Å². The van der Waals surface area contributed by atoms with Gasteiger partial charge < -0.3 is 0 Å². The van der Waals surface area contributed by atoms with Gasteiger partial charge >= 0.3 is 0 Å². The molecule has 0 saturated heterocycles. The maximum absolute atomic E-state index is 13.3. The highest BCUT2D eigenvalue weighted by atomic mass is 79.9. The van der Waals surface area contributed by atoms with Crippen LogP contribution in [0.3, 0.4) is 0 Å². The molecule has 0 unspecified atom stereocenters. The van der Waals surface area contributed by atoms with Crippen molar-refractivity contribution in [3.63, 3.8) is 0 Å². The SMILES string of the molecule is Cn1ncc2c(F)c(Br)cc(F)c21. The minimum absolute atomic E-state index is 0.116. The predicted molar refractivity (Wildman–Crippen MR) is 48.3 cm³/mol. The van der Waals surface area contributed by atoms with Gasteiger partial charge in [0.2, 0.25) is 0 Å². The van der Waals surface area contributed by atoms with E-state index < -0.39 is 11.6 Å². The molecule has 0 radical (unpaired) electrons. The van der Waals surface area contributed by atoms with Gasteiger partial charge in [0, 0.05) is 7.05 Å². The van der Waals surface area contributed by atoms with Gasteiger partial charge in [-0.2, -0.15) is 5.10 Å². The minimum atomic E-state index is -0.483. The highest BCUT2D eigenvalue weighted by Gasteiger charge is 2.13. The number of aromatic nitrogens is 2. The summed E-state index contributed by atoms with van der Waals surface area (Å²) in [7, 11) is 1.57. The number of hydrogen-bond acceptors (Lipinski definition) is 1. The zero-order valence-electron chi connectivity index (χ0n) is 6.68. The fraction of sp³-hybridized carbons (Fsp3) is 0.125. The Bertz CT molecular complexity index is 478. The molecule has 5 heteroatoms. The van der Waals surface area contributed by atoms with Gasteiger partial charge in [0.1, 0.15) is 17.2 Å². The summed E-state index contributed by atoms with van der Waals surface area (Å²) in [5.41, 5.74) is 0.181. The molecule has 0 saturated carbocycles. The summed E-state index contributed by atoms with van der Waals surface area (Å²) >= 11 is 2.92. The van der Waals surface area contributed by atoms with Crippen molar-refractivity contribution in [1.29, 1.82) is 0 Å². The molecule has 0 amide bonds. The quantitative estimate of drug-likeness (QED) is 0.654.